The van der Waals surface area contributed by atoms with Crippen molar-refractivity contribution in [2.45, 2.75) is 0 Å². The van der Waals surface area contributed by atoms with Gasteiger partial charge in [-0.15, -0.1) is 0 Å². The number of fused-ring (bicyclic) bond motifs is 3. The minimum Gasteiger partial charge on any atom is -0.292 e. The number of hydrogen-bond donors (Lipinski definition) is 0. The van der Waals surface area contributed by atoms with Crippen molar-refractivity contribution < 1.29 is 13.7 Å². The highest BCUT2D eigenvalue weighted by molar-refractivity contribution is 6.21. The Bertz CT molecular complexity index is 3020. The molecule has 0 fully saturated rings. The Labute approximate surface area is 287 Å². The average molecular weight is 609 g/mol. The Balaban J connectivity index is 1.25. The van der Waals surface area contributed by atoms with Crippen molar-refractivity contribution >= 4 is 32.6 Å². The van der Waals surface area contributed by atoms with E-state index in [4.69, 9.17) is 18.7 Å². The molecule has 0 saturated carbocycles. The van der Waals surface area contributed by atoms with Crippen molar-refractivity contribution in [2.24, 2.45) is 0 Å². The molecule has 9 rings (SSSR count). The third-order valence-electron chi connectivity index (χ3n) is 8.57. The number of benzene rings is 8. The molecule has 2 heteroatoms. The lowest BCUT2D eigenvalue weighted by atomic mass is 9.85. The summed E-state index contributed by atoms with van der Waals surface area (Å²) >= 11 is 0. The molecule has 2 nitrogen and oxygen atoms in total. The van der Waals surface area contributed by atoms with Crippen molar-refractivity contribution in [3.63, 3.8) is 0 Å². The molecule has 0 amide bonds. The Morgan fingerprint density at radius 3 is 1.60 bits per heavy atom. The van der Waals surface area contributed by atoms with E-state index in [0.717, 1.165) is 43.8 Å². The van der Waals surface area contributed by atoms with E-state index in [1.165, 1.54) is 0 Å². The lowest BCUT2D eigenvalue weighted by molar-refractivity contribution is 1.10. The van der Waals surface area contributed by atoms with Gasteiger partial charge in [0.15, 0.2) is 0 Å². The Morgan fingerprint density at radius 2 is 0.957 bits per heavy atom. The first kappa shape index (κ1) is 18.7. The predicted octanol–water partition coefficient (Wildman–Crippen LogP) is 12.0. The lowest BCUT2D eigenvalue weighted by Crippen LogP contribution is -1.98. The Hall–Kier alpha value is -6.25. The molecule has 1 aromatic heterocycles. The van der Waals surface area contributed by atoms with Gasteiger partial charge in [-0.25, -0.2) is 4.98 Å². The van der Waals surface area contributed by atoms with Crippen LogP contribution >= 0.6 is 0 Å². The van der Waals surface area contributed by atoms with E-state index in [-0.39, 0.29) is 53.2 Å². The van der Waals surface area contributed by atoms with Crippen LogP contribution in [0.5, 0.6) is 0 Å². The standard InChI is InChI=1S/C45H30N2/c1-3-14-31(15-4-1)32-26-28-33(29-27-32)43-37-20-7-9-22-39(37)44(40-23-10-8-21-38(40)43)35-18-13-19-36(30-35)47-42-25-12-11-24-41(42)46-45(47)34-16-5-2-6-17-34/h1-30H/i1D,2D,3D,4D,5D,6D,14D,15D,16D,17D. The average Bonchev–Trinajstić information content (AvgIpc) is 3.62. The van der Waals surface area contributed by atoms with Crippen LogP contribution in [0.1, 0.15) is 13.7 Å². The zero-order chi connectivity index (χ0) is 39.9. The molecule has 0 unspecified atom stereocenters. The Kier molecular flexibility index (Phi) is 4.48. The van der Waals surface area contributed by atoms with Gasteiger partial charge in [0.25, 0.3) is 0 Å². The van der Waals surface area contributed by atoms with Crippen molar-refractivity contribution in [1.82, 2.24) is 9.55 Å². The molecule has 0 aliphatic rings. The summed E-state index contributed by atoms with van der Waals surface area (Å²) in [5, 5.41) is 3.94. The molecule has 0 saturated heterocycles. The molecule has 9 aromatic rings. The van der Waals surface area contributed by atoms with Crippen molar-refractivity contribution in [3.8, 4) is 50.5 Å². The maximum atomic E-state index is 8.79. The summed E-state index contributed by atoms with van der Waals surface area (Å²) in [6, 6.07) is 35.5. The summed E-state index contributed by atoms with van der Waals surface area (Å²) in [4.78, 5) is 4.84. The highest BCUT2D eigenvalue weighted by Crippen LogP contribution is 2.44. The summed E-state index contributed by atoms with van der Waals surface area (Å²) in [6.45, 7) is 0. The monoisotopic (exact) mass is 608 g/mol. The highest BCUT2D eigenvalue weighted by atomic mass is 15.1. The fourth-order valence-corrected chi connectivity index (χ4v) is 6.57. The van der Waals surface area contributed by atoms with E-state index in [1.807, 2.05) is 89.5 Å². The van der Waals surface area contributed by atoms with Gasteiger partial charge in [-0.3, -0.25) is 4.57 Å². The van der Waals surface area contributed by atoms with E-state index in [0.29, 0.717) is 22.3 Å². The van der Waals surface area contributed by atoms with E-state index in [1.54, 1.807) is 12.1 Å². The van der Waals surface area contributed by atoms with Gasteiger partial charge in [0.1, 0.15) is 5.82 Å². The molecular weight excluding hydrogens is 569 g/mol. The van der Waals surface area contributed by atoms with Crippen LogP contribution < -0.4 is 0 Å². The minimum absolute atomic E-state index is 0.0143. The van der Waals surface area contributed by atoms with E-state index in [2.05, 4.69) is 24.3 Å². The van der Waals surface area contributed by atoms with Crippen molar-refractivity contribution in [1.29, 1.82) is 0 Å². The normalized spacial score (nSPS) is 14.4. The first-order valence-electron chi connectivity index (χ1n) is 20.2. The second-order valence-electron chi connectivity index (χ2n) is 11.2. The van der Waals surface area contributed by atoms with Gasteiger partial charge in [0.2, 0.25) is 0 Å². The van der Waals surface area contributed by atoms with Crippen LogP contribution in [-0.2, 0) is 0 Å². The molecule has 8 aromatic carbocycles. The van der Waals surface area contributed by atoms with E-state index in [9.17, 15) is 0 Å². The molecule has 0 aliphatic heterocycles. The van der Waals surface area contributed by atoms with Crippen LogP contribution in [0.2, 0.25) is 0 Å². The molecule has 0 atom stereocenters. The largest absolute Gasteiger partial charge is 0.292 e. The first-order valence-corrected chi connectivity index (χ1v) is 15.2. The molecule has 47 heavy (non-hydrogen) atoms. The van der Waals surface area contributed by atoms with Gasteiger partial charge >= 0.3 is 0 Å². The summed E-state index contributed by atoms with van der Waals surface area (Å²) in [5.41, 5.74) is 6.47. The minimum atomic E-state index is -0.467. The van der Waals surface area contributed by atoms with Crippen LogP contribution in [0.3, 0.4) is 0 Å². The maximum absolute atomic E-state index is 8.79. The van der Waals surface area contributed by atoms with Gasteiger partial charge in [0, 0.05) is 11.3 Å². The fraction of sp³-hybridized carbons (Fsp3) is 0. The van der Waals surface area contributed by atoms with Gasteiger partial charge in [-0.1, -0.05) is 157 Å². The number of para-hydroxylation sites is 2. The predicted molar refractivity (Wildman–Crippen MR) is 198 cm³/mol. The maximum Gasteiger partial charge on any atom is 0.145 e. The van der Waals surface area contributed by atoms with Gasteiger partial charge in [-0.2, -0.15) is 0 Å². The number of rotatable bonds is 5. The summed E-state index contributed by atoms with van der Waals surface area (Å²) in [5.74, 6) is 0.238. The van der Waals surface area contributed by atoms with E-state index < -0.39 is 24.2 Å². The van der Waals surface area contributed by atoms with Gasteiger partial charge < -0.3 is 0 Å². The van der Waals surface area contributed by atoms with Crippen LogP contribution in [0.4, 0.5) is 0 Å². The zero-order valence-corrected chi connectivity index (χ0v) is 24.9. The van der Waals surface area contributed by atoms with Crippen LogP contribution in [-0.4, -0.2) is 9.55 Å². The molecular formula is C45H30N2. The lowest BCUT2D eigenvalue weighted by Gasteiger charge is -2.19. The Morgan fingerprint density at radius 1 is 0.426 bits per heavy atom. The van der Waals surface area contributed by atoms with Crippen LogP contribution in [0.25, 0.3) is 83.0 Å². The van der Waals surface area contributed by atoms with Gasteiger partial charge in [0.05, 0.1) is 24.7 Å². The van der Waals surface area contributed by atoms with Crippen LogP contribution in [0.15, 0.2) is 182 Å². The molecule has 220 valence electrons. The van der Waals surface area contributed by atoms with Crippen molar-refractivity contribution in [3.05, 3.63) is 182 Å². The van der Waals surface area contributed by atoms with Crippen LogP contribution in [0, 0.1) is 0 Å². The summed E-state index contributed by atoms with van der Waals surface area (Å²) in [7, 11) is 0. The second-order valence-corrected chi connectivity index (χ2v) is 11.2. The number of imidazole rings is 1. The third kappa shape index (κ3) is 4.62. The smallest absolute Gasteiger partial charge is 0.145 e. The first-order chi connectivity index (χ1) is 27.5. The molecule has 0 aliphatic carbocycles. The second kappa shape index (κ2) is 11.3. The summed E-state index contributed by atoms with van der Waals surface area (Å²) < 4.78 is 85.7. The topological polar surface area (TPSA) is 17.8 Å². The number of hydrogen-bond acceptors (Lipinski definition) is 1. The molecule has 0 bridgehead atoms. The zero-order valence-electron chi connectivity index (χ0n) is 34.9. The molecule has 0 N–H and O–H groups in total. The highest BCUT2D eigenvalue weighted by Gasteiger charge is 2.19. The van der Waals surface area contributed by atoms with E-state index >= 15 is 0 Å². The van der Waals surface area contributed by atoms with Gasteiger partial charge in [-0.05, 0) is 79.2 Å². The molecule has 0 spiro atoms. The number of aromatic nitrogens is 2. The summed E-state index contributed by atoms with van der Waals surface area (Å²) in [6.07, 6.45) is 0. The SMILES string of the molecule is [2H]c1c([2H])c([2H])c(-c2ccc(-c3c4ccccc4c(-c4cccc(-n5c(-c6c([2H])c([2H])c([2H])c([2H])c6[2H])nc6ccccc65)c4)c4ccccc34)cc2)c([2H])c1[2H]. The molecule has 0 radical (unpaired) electrons. The fourth-order valence-electron chi connectivity index (χ4n) is 6.57. The quantitative estimate of drug-likeness (QED) is 0.178. The molecule has 1 heterocycles. The third-order valence-corrected chi connectivity index (χ3v) is 8.57. The number of nitrogens with zero attached hydrogens (tertiary/aromatic N) is 2. The van der Waals surface area contributed by atoms with Crippen molar-refractivity contribution in [2.75, 3.05) is 0 Å².